The average molecular weight is 459 g/mol. The number of nitrogens with one attached hydrogen (secondary N) is 1. The highest BCUT2D eigenvalue weighted by Gasteiger charge is 2.14. The highest BCUT2D eigenvalue weighted by molar-refractivity contribution is 9.10. The van der Waals surface area contributed by atoms with Gasteiger partial charge in [-0.2, -0.15) is 0 Å². The minimum Gasteiger partial charge on any atom is -0.325 e. The predicted molar refractivity (Wildman–Crippen MR) is 118 cm³/mol. The Balaban J connectivity index is 1.65. The van der Waals surface area contributed by atoms with Gasteiger partial charge in [0.15, 0.2) is 5.16 Å². The van der Waals surface area contributed by atoms with Crippen molar-refractivity contribution in [3.8, 4) is 0 Å². The number of carbonyl (C=O) groups is 1. The van der Waals surface area contributed by atoms with Crippen LogP contribution >= 0.6 is 27.7 Å². The van der Waals surface area contributed by atoms with Crippen molar-refractivity contribution in [1.82, 2.24) is 14.8 Å². The van der Waals surface area contributed by atoms with Gasteiger partial charge in [0, 0.05) is 23.1 Å². The molecule has 0 aliphatic carbocycles. The summed E-state index contributed by atoms with van der Waals surface area (Å²) < 4.78 is 3.12. The highest BCUT2D eigenvalue weighted by Crippen LogP contribution is 2.22. The second-order valence-electron chi connectivity index (χ2n) is 6.51. The summed E-state index contributed by atoms with van der Waals surface area (Å²) in [5, 5.41) is 12.5. The van der Waals surface area contributed by atoms with E-state index >= 15 is 0 Å². The van der Waals surface area contributed by atoms with E-state index < -0.39 is 0 Å². The van der Waals surface area contributed by atoms with E-state index in [4.69, 9.17) is 0 Å². The molecule has 0 fully saturated rings. The molecule has 7 heteroatoms. The fourth-order valence-corrected chi connectivity index (χ4v) is 4.13. The fourth-order valence-electron chi connectivity index (χ4n) is 2.87. The van der Waals surface area contributed by atoms with Gasteiger partial charge in [0.25, 0.3) is 0 Å². The van der Waals surface area contributed by atoms with Gasteiger partial charge in [-0.3, -0.25) is 4.79 Å². The molecule has 0 atom stereocenters. The Morgan fingerprint density at radius 2 is 1.96 bits per heavy atom. The normalized spacial score (nSPS) is 10.8. The largest absolute Gasteiger partial charge is 0.325 e. The van der Waals surface area contributed by atoms with Crippen molar-refractivity contribution < 1.29 is 4.79 Å². The van der Waals surface area contributed by atoms with E-state index in [9.17, 15) is 4.79 Å². The van der Waals surface area contributed by atoms with Gasteiger partial charge in [-0.1, -0.05) is 64.9 Å². The van der Waals surface area contributed by atoms with Crippen LogP contribution < -0.4 is 5.32 Å². The van der Waals surface area contributed by atoms with Gasteiger partial charge < -0.3 is 9.88 Å². The maximum atomic E-state index is 12.4. The molecule has 0 aliphatic rings. The molecule has 0 radical (unpaired) electrons. The molecule has 28 heavy (non-hydrogen) atoms. The zero-order chi connectivity index (χ0) is 19.9. The minimum atomic E-state index is -0.0499. The van der Waals surface area contributed by atoms with E-state index in [0.717, 1.165) is 46.1 Å². The Morgan fingerprint density at radius 3 is 2.68 bits per heavy atom. The molecular formula is C21H23BrN4OS. The van der Waals surface area contributed by atoms with Crippen LogP contribution in [-0.2, 0) is 17.8 Å². The van der Waals surface area contributed by atoms with Crippen LogP contribution in [0.15, 0.2) is 58.2 Å². The lowest BCUT2D eigenvalue weighted by atomic mass is 10.1. The number of benzene rings is 2. The van der Waals surface area contributed by atoms with Crippen molar-refractivity contribution in [2.24, 2.45) is 0 Å². The van der Waals surface area contributed by atoms with Gasteiger partial charge in [-0.05, 0) is 42.7 Å². The second kappa shape index (κ2) is 9.89. The van der Waals surface area contributed by atoms with Crippen LogP contribution in [0.1, 0.15) is 30.3 Å². The van der Waals surface area contributed by atoms with Crippen molar-refractivity contribution in [1.29, 1.82) is 0 Å². The third-order valence-electron chi connectivity index (χ3n) is 4.24. The Bertz CT molecular complexity index is 943. The summed E-state index contributed by atoms with van der Waals surface area (Å²) in [6.45, 7) is 4.94. The molecule has 0 saturated carbocycles. The van der Waals surface area contributed by atoms with Gasteiger partial charge in [-0.15, -0.1) is 10.2 Å². The lowest BCUT2D eigenvalue weighted by molar-refractivity contribution is -0.113. The van der Waals surface area contributed by atoms with Crippen molar-refractivity contribution in [2.75, 3.05) is 11.1 Å². The predicted octanol–water partition coefficient (Wildman–Crippen LogP) is 5.08. The number of rotatable bonds is 8. The van der Waals surface area contributed by atoms with Crippen LogP contribution in [0.2, 0.25) is 0 Å². The molecule has 3 rings (SSSR count). The maximum Gasteiger partial charge on any atom is 0.234 e. The molecular weight excluding hydrogens is 436 g/mol. The lowest BCUT2D eigenvalue weighted by Gasteiger charge is -2.10. The van der Waals surface area contributed by atoms with Crippen molar-refractivity contribution in [3.63, 3.8) is 0 Å². The van der Waals surface area contributed by atoms with Gasteiger partial charge in [-0.25, -0.2) is 0 Å². The van der Waals surface area contributed by atoms with Crippen molar-refractivity contribution in [3.05, 3.63) is 70.0 Å². The summed E-state index contributed by atoms with van der Waals surface area (Å²) in [5.41, 5.74) is 3.05. The molecule has 2 aromatic carbocycles. The number of anilines is 1. The number of hydrogen-bond donors (Lipinski definition) is 1. The summed E-state index contributed by atoms with van der Waals surface area (Å²) in [4.78, 5) is 12.4. The number of halogens is 1. The number of aromatic nitrogens is 3. The molecule has 5 nitrogen and oxygen atoms in total. The molecule has 1 heterocycles. The summed E-state index contributed by atoms with van der Waals surface area (Å²) in [6.07, 6.45) is 1.72. The van der Waals surface area contributed by atoms with Gasteiger partial charge in [0.2, 0.25) is 5.91 Å². The first-order valence-electron chi connectivity index (χ1n) is 9.21. The molecule has 1 aromatic heterocycles. The SMILES string of the molecule is CCCn1c(Cc2ccccc2)nnc1SCC(=O)Nc1ccc(Br)cc1C. The third-order valence-corrected chi connectivity index (χ3v) is 5.70. The fraction of sp³-hybridized carbons (Fsp3) is 0.286. The number of nitrogens with zero attached hydrogens (tertiary/aromatic N) is 3. The standard InChI is InChI=1S/C21H23BrN4OS/c1-3-11-26-19(13-16-7-5-4-6-8-16)24-25-21(26)28-14-20(27)23-18-10-9-17(22)12-15(18)2/h4-10,12H,3,11,13-14H2,1-2H3,(H,23,27). The minimum absolute atomic E-state index is 0.0499. The molecule has 0 unspecified atom stereocenters. The van der Waals surface area contributed by atoms with E-state index in [-0.39, 0.29) is 5.91 Å². The van der Waals surface area contributed by atoms with Crippen LogP contribution in [0.5, 0.6) is 0 Å². The van der Waals surface area contributed by atoms with Gasteiger partial charge in [0.05, 0.1) is 5.75 Å². The smallest absolute Gasteiger partial charge is 0.234 e. The first kappa shape index (κ1) is 20.6. The zero-order valence-electron chi connectivity index (χ0n) is 16.0. The molecule has 3 aromatic rings. The number of carbonyl (C=O) groups excluding carboxylic acids is 1. The first-order chi connectivity index (χ1) is 13.6. The maximum absolute atomic E-state index is 12.4. The topological polar surface area (TPSA) is 59.8 Å². The van der Waals surface area contributed by atoms with E-state index in [1.807, 2.05) is 43.3 Å². The Labute approximate surface area is 178 Å². The van der Waals surface area contributed by atoms with E-state index in [1.54, 1.807) is 0 Å². The van der Waals surface area contributed by atoms with Crippen LogP contribution in [0, 0.1) is 6.92 Å². The molecule has 146 valence electrons. The van der Waals surface area contributed by atoms with Crippen molar-refractivity contribution >= 4 is 39.3 Å². The van der Waals surface area contributed by atoms with Gasteiger partial charge in [0.1, 0.15) is 5.82 Å². The quantitative estimate of drug-likeness (QED) is 0.478. The summed E-state index contributed by atoms with van der Waals surface area (Å²) in [7, 11) is 0. The number of amides is 1. The first-order valence-corrected chi connectivity index (χ1v) is 11.0. The lowest BCUT2D eigenvalue weighted by Crippen LogP contribution is -2.15. The van der Waals surface area contributed by atoms with E-state index in [0.29, 0.717) is 5.75 Å². The second-order valence-corrected chi connectivity index (χ2v) is 8.37. The van der Waals surface area contributed by atoms with E-state index in [2.05, 4.69) is 55.1 Å². The molecule has 0 saturated heterocycles. The molecule has 1 amide bonds. The third kappa shape index (κ3) is 5.45. The molecule has 0 spiro atoms. The van der Waals surface area contributed by atoms with Crippen molar-refractivity contribution in [2.45, 2.75) is 38.4 Å². The summed E-state index contributed by atoms with van der Waals surface area (Å²) >= 11 is 4.86. The zero-order valence-corrected chi connectivity index (χ0v) is 18.4. The Morgan fingerprint density at radius 1 is 1.18 bits per heavy atom. The van der Waals surface area contributed by atoms with E-state index in [1.165, 1.54) is 17.3 Å². The number of aryl methyl sites for hydroxylation is 1. The average Bonchev–Trinajstić information content (AvgIpc) is 3.05. The summed E-state index contributed by atoms with van der Waals surface area (Å²) in [6, 6.07) is 16.0. The van der Waals surface area contributed by atoms with Crippen LogP contribution in [-0.4, -0.2) is 26.4 Å². The monoisotopic (exact) mass is 458 g/mol. The number of hydrogen-bond acceptors (Lipinski definition) is 4. The Hall–Kier alpha value is -2.12. The summed E-state index contributed by atoms with van der Waals surface area (Å²) in [5.74, 6) is 1.17. The highest BCUT2D eigenvalue weighted by atomic mass is 79.9. The van der Waals surface area contributed by atoms with Gasteiger partial charge >= 0.3 is 0 Å². The number of thioether (sulfide) groups is 1. The van der Waals surface area contributed by atoms with Crippen LogP contribution in [0.25, 0.3) is 0 Å². The Kier molecular flexibility index (Phi) is 7.28. The molecule has 0 aliphatic heterocycles. The van der Waals surface area contributed by atoms with Crippen LogP contribution in [0.4, 0.5) is 5.69 Å². The van der Waals surface area contributed by atoms with Crippen LogP contribution in [0.3, 0.4) is 0 Å². The molecule has 0 bridgehead atoms. The molecule has 1 N–H and O–H groups in total.